The van der Waals surface area contributed by atoms with Crippen LogP contribution in [0.5, 0.6) is 5.75 Å². The topological polar surface area (TPSA) is 46.0 Å². The lowest BCUT2D eigenvalue weighted by atomic mass is 10.2. The minimum Gasteiger partial charge on any atom is -0.506 e. The van der Waals surface area contributed by atoms with Gasteiger partial charge in [0.1, 0.15) is 11.4 Å². The van der Waals surface area contributed by atoms with Gasteiger partial charge in [0, 0.05) is 11.4 Å². The van der Waals surface area contributed by atoms with Crippen LogP contribution < -0.4 is 0 Å². The van der Waals surface area contributed by atoms with Gasteiger partial charge >= 0.3 is 0 Å². The summed E-state index contributed by atoms with van der Waals surface area (Å²) in [6.45, 7) is 3.96. The van der Waals surface area contributed by atoms with Crippen LogP contribution >= 0.6 is 0 Å². The van der Waals surface area contributed by atoms with E-state index in [9.17, 15) is 5.11 Å². The zero-order valence-electron chi connectivity index (χ0n) is 9.44. The van der Waals surface area contributed by atoms with Crippen LogP contribution in [0.3, 0.4) is 0 Å². The first kappa shape index (κ1) is 10.6. The first-order chi connectivity index (χ1) is 7.70. The maximum Gasteiger partial charge on any atom is 0.143 e. The van der Waals surface area contributed by atoms with Crippen molar-refractivity contribution in [1.82, 2.24) is 9.97 Å². The van der Waals surface area contributed by atoms with Crippen molar-refractivity contribution in [1.29, 1.82) is 0 Å². The van der Waals surface area contributed by atoms with Crippen LogP contribution in [0.25, 0.3) is 11.4 Å². The summed E-state index contributed by atoms with van der Waals surface area (Å²) >= 11 is 0. The molecule has 2 heterocycles. The number of hydrogen-bond donors (Lipinski definition) is 1. The molecule has 2 rings (SSSR count). The second-order valence-electron chi connectivity index (χ2n) is 3.69. The van der Waals surface area contributed by atoms with Crippen molar-refractivity contribution in [2.45, 2.75) is 20.3 Å². The number of aromatic hydroxyl groups is 1. The van der Waals surface area contributed by atoms with Gasteiger partial charge in [-0.15, -0.1) is 0 Å². The Balaban J connectivity index is 2.54. The third-order valence-corrected chi connectivity index (χ3v) is 2.42. The Hall–Kier alpha value is -1.90. The summed E-state index contributed by atoms with van der Waals surface area (Å²) in [6.07, 6.45) is 0.846. The second-order valence-corrected chi connectivity index (χ2v) is 3.69. The summed E-state index contributed by atoms with van der Waals surface area (Å²) < 4.78 is 0. The van der Waals surface area contributed by atoms with E-state index in [-0.39, 0.29) is 5.75 Å². The number of rotatable bonds is 2. The number of pyridine rings is 2. The zero-order valence-corrected chi connectivity index (χ0v) is 9.44. The van der Waals surface area contributed by atoms with E-state index in [1.807, 2.05) is 38.1 Å². The molecular weight excluding hydrogens is 200 g/mol. The van der Waals surface area contributed by atoms with Gasteiger partial charge in [0.25, 0.3) is 0 Å². The van der Waals surface area contributed by atoms with E-state index in [0.29, 0.717) is 11.4 Å². The molecule has 0 saturated carbocycles. The van der Waals surface area contributed by atoms with Crippen molar-refractivity contribution < 1.29 is 5.11 Å². The molecule has 0 radical (unpaired) electrons. The van der Waals surface area contributed by atoms with Crippen LogP contribution in [-0.2, 0) is 6.42 Å². The highest BCUT2D eigenvalue weighted by molar-refractivity contribution is 5.62. The Kier molecular flexibility index (Phi) is 2.86. The molecule has 0 aliphatic carbocycles. The molecule has 0 aliphatic heterocycles. The number of nitrogens with zero attached hydrogens (tertiary/aromatic N) is 2. The Morgan fingerprint density at radius 3 is 2.62 bits per heavy atom. The summed E-state index contributed by atoms with van der Waals surface area (Å²) in [5, 5.41) is 9.77. The van der Waals surface area contributed by atoms with Gasteiger partial charge in [-0.25, -0.2) is 4.98 Å². The lowest BCUT2D eigenvalue weighted by Crippen LogP contribution is -1.93. The fourth-order valence-electron chi connectivity index (χ4n) is 1.55. The summed E-state index contributed by atoms with van der Waals surface area (Å²) in [6, 6.07) is 9.19. The number of hydrogen-bond acceptors (Lipinski definition) is 3. The molecule has 0 aromatic carbocycles. The van der Waals surface area contributed by atoms with E-state index in [1.165, 1.54) is 0 Å². The average Bonchev–Trinajstić information content (AvgIpc) is 2.30. The fraction of sp³-hybridized carbons (Fsp3) is 0.231. The summed E-state index contributed by atoms with van der Waals surface area (Å²) in [7, 11) is 0. The molecular formula is C13H14N2O. The molecule has 2 aromatic rings. The van der Waals surface area contributed by atoms with Crippen LogP contribution in [0.1, 0.15) is 18.3 Å². The van der Waals surface area contributed by atoms with Gasteiger partial charge in [-0.2, -0.15) is 0 Å². The Morgan fingerprint density at radius 1 is 1.12 bits per heavy atom. The van der Waals surface area contributed by atoms with Crippen molar-refractivity contribution in [3.63, 3.8) is 0 Å². The maximum absolute atomic E-state index is 9.77. The van der Waals surface area contributed by atoms with E-state index >= 15 is 0 Å². The third-order valence-electron chi connectivity index (χ3n) is 2.42. The normalized spacial score (nSPS) is 10.4. The summed E-state index contributed by atoms with van der Waals surface area (Å²) in [5.41, 5.74) is 3.15. The van der Waals surface area contributed by atoms with Crippen LogP contribution in [0.4, 0.5) is 0 Å². The Bertz CT molecular complexity index is 509. The standard InChI is InChI=1S/C13H14N2O/c1-3-10-7-8-12(16)13(15-10)11-6-4-5-9(2)14-11/h4-8,16H,3H2,1-2H3. The molecule has 0 aliphatic rings. The minimum absolute atomic E-state index is 0.176. The van der Waals surface area contributed by atoms with Crippen LogP contribution in [0, 0.1) is 6.92 Å². The van der Waals surface area contributed by atoms with Gasteiger partial charge in [0.2, 0.25) is 0 Å². The smallest absolute Gasteiger partial charge is 0.143 e. The van der Waals surface area contributed by atoms with Gasteiger partial charge in [0.15, 0.2) is 0 Å². The van der Waals surface area contributed by atoms with Gasteiger partial charge in [-0.05, 0) is 37.6 Å². The molecule has 82 valence electrons. The molecule has 0 bridgehead atoms. The lowest BCUT2D eigenvalue weighted by Gasteiger charge is -2.05. The van der Waals surface area contributed by atoms with E-state index in [4.69, 9.17) is 0 Å². The molecule has 0 atom stereocenters. The fourth-order valence-corrected chi connectivity index (χ4v) is 1.55. The van der Waals surface area contributed by atoms with E-state index in [1.54, 1.807) is 6.07 Å². The molecule has 16 heavy (non-hydrogen) atoms. The van der Waals surface area contributed by atoms with Crippen LogP contribution in [0.2, 0.25) is 0 Å². The van der Waals surface area contributed by atoms with E-state index in [2.05, 4.69) is 9.97 Å². The predicted molar refractivity (Wildman–Crippen MR) is 63.2 cm³/mol. The first-order valence-corrected chi connectivity index (χ1v) is 5.33. The summed E-state index contributed by atoms with van der Waals surface area (Å²) in [4.78, 5) is 8.75. The Morgan fingerprint density at radius 2 is 1.94 bits per heavy atom. The van der Waals surface area contributed by atoms with Crippen molar-refractivity contribution in [2.75, 3.05) is 0 Å². The highest BCUT2D eigenvalue weighted by Crippen LogP contribution is 2.25. The third kappa shape index (κ3) is 2.03. The molecule has 0 spiro atoms. The highest BCUT2D eigenvalue weighted by atomic mass is 16.3. The van der Waals surface area contributed by atoms with Gasteiger partial charge in [0.05, 0.1) is 5.69 Å². The summed E-state index contributed by atoms with van der Waals surface area (Å²) in [5.74, 6) is 0.176. The first-order valence-electron chi connectivity index (χ1n) is 5.33. The molecule has 0 saturated heterocycles. The number of aromatic nitrogens is 2. The Labute approximate surface area is 94.8 Å². The van der Waals surface area contributed by atoms with E-state index < -0.39 is 0 Å². The minimum atomic E-state index is 0.176. The van der Waals surface area contributed by atoms with Crippen LogP contribution in [0.15, 0.2) is 30.3 Å². The molecule has 0 fully saturated rings. The predicted octanol–water partition coefficient (Wildman–Crippen LogP) is 2.72. The molecule has 1 N–H and O–H groups in total. The average molecular weight is 214 g/mol. The zero-order chi connectivity index (χ0) is 11.5. The monoisotopic (exact) mass is 214 g/mol. The molecule has 3 heteroatoms. The molecule has 2 aromatic heterocycles. The van der Waals surface area contributed by atoms with Crippen molar-refractivity contribution in [2.24, 2.45) is 0 Å². The maximum atomic E-state index is 9.77. The van der Waals surface area contributed by atoms with Gasteiger partial charge in [-0.3, -0.25) is 4.98 Å². The molecule has 0 amide bonds. The number of aryl methyl sites for hydroxylation is 2. The quantitative estimate of drug-likeness (QED) is 0.836. The second kappa shape index (κ2) is 4.31. The molecule has 0 unspecified atom stereocenters. The van der Waals surface area contributed by atoms with Crippen molar-refractivity contribution >= 4 is 0 Å². The van der Waals surface area contributed by atoms with Gasteiger partial charge < -0.3 is 5.11 Å². The molecule has 3 nitrogen and oxygen atoms in total. The van der Waals surface area contributed by atoms with Crippen molar-refractivity contribution in [3.05, 3.63) is 41.7 Å². The largest absolute Gasteiger partial charge is 0.506 e. The lowest BCUT2D eigenvalue weighted by molar-refractivity contribution is 0.474. The van der Waals surface area contributed by atoms with E-state index in [0.717, 1.165) is 17.8 Å². The van der Waals surface area contributed by atoms with Crippen molar-refractivity contribution in [3.8, 4) is 17.1 Å². The SMILES string of the molecule is CCc1ccc(O)c(-c2cccc(C)n2)n1. The van der Waals surface area contributed by atoms with Crippen LogP contribution in [-0.4, -0.2) is 15.1 Å². The highest BCUT2D eigenvalue weighted by Gasteiger charge is 2.08. The van der Waals surface area contributed by atoms with Gasteiger partial charge in [-0.1, -0.05) is 13.0 Å².